The van der Waals surface area contributed by atoms with Crippen LogP contribution in [-0.2, 0) is 25.6 Å². The number of alkyl halides is 6. The summed E-state index contributed by atoms with van der Waals surface area (Å²) in [5.41, 5.74) is 1.30. The molecule has 2 saturated heterocycles. The van der Waals surface area contributed by atoms with Gasteiger partial charge in [0, 0.05) is 38.5 Å². The van der Waals surface area contributed by atoms with E-state index in [1.165, 1.54) is 5.56 Å². The molecule has 2 fully saturated rings. The van der Waals surface area contributed by atoms with Gasteiger partial charge in [0.15, 0.2) is 0 Å². The fraction of sp³-hybridized carbons (Fsp3) is 0.500. The second-order valence-corrected chi connectivity index (χ2v) is 8.48. The first-order chi connectivity index (χ1) is 18.8. The molecule has 40 heavy (non-hydrogen) atoms. The minimum Gasteiger partial charge on any atom is -0.475 e. The van der Waals surface area contributed by atoms with E-state index in [-0.39, 0.29) is 6.04 Å². The van der Waals surface area contributed by atoms with Gasteiger partial charge < -0.3 is 25.0 Å². The number of anilines is 1. The first kappa shape index (κ1) is 32.7. The van der Waals surface area contributed by atoms with Gasteiger partial charge in [-0.1, -0.05) is 30.3 Å². The van der Waals surface area contributed by atoms with Crippen LogP contribution >= 0.6 is 0 Å². The molecule has 1 aromatic heterocycles. The number of morpholine rings is 1. The largest absolute Gasteiger partial charge is 0.490 e. The molecule has 0 aliphatic carbocycles. The van der Waals surface area contributed by atoms with Crippen LogP contribution in [0.3, 0.4) is 0 Å². The summed E-state index contributed by atoms with van der Waals surface area (Å²) in [5, 5.41) is 17.8. The summed E-state index contributed by atoms with van der Waals surface area (Å²) in [6, 6.07) is 13.0. The minimum absolute atomic E-state index is 0.0837. The highest BCUT2D eigenvalue weighted by atomic mass is 19.4. The number of carboxylic acid groups (broad SMARTS) is 2. The zero-order valence-corrected chi connectivity index (χ0v) is 21.0. The standard InChI is InChI=1S/C20H26N4O2.2C2HF3O2/c1-2-4-16(5-3-1)14-24-10-13-26-15-18(24)20-21-9-6-19(23-20)22-17-7-11-25-12-8-17;2*3-2(4,5)1(6)7/h1-6,9,17-18H,7-8,10-15H2,(H,21,22,23);2*(H,6,7). The molecule has 2 aliphatic heterocycles. The van der Waals surface area contributed by atoms with Crippen LogP contribution in [0, 0.1) is 0 Å². The van der Waals surface area contributed by atoms with Gasteiger partial charge in [0.2, 0.25) is 0 Å². The monoisotopic (exact) mass is 582 g/mol. The molecule has 1 aromatic carbocycles. The smallest absolute Gasteiger partial charge is 0.475 e. The Bertz CT molecular complexity index is 1040. The van der Waals surface area contributed by atoms with E-state index < -0.39 is 24.3 Å². The molecule has 3 heterocycles. The van der Waals surface area contributed by atoms with Crippen LogP contribution in [0.1, 0.15) is 30.3 Å². The summed E-state index contributed by atoms with van der Waals surface area (Å²) >= 11 is 0. The summed E-state index contributed by atoms with van der Waals surface area (Å²) < 4.78 is 74.6. The Balaban J connectivity index is 0.000000333. The Morgan fingerprint density at radius 1 is 0.925 bits per heavy atom. The molecule has 4 rings (SSSR count). The van der Waals surface area contributed by atoms with Crippen LogP contribution in [-0.4, -0.2) is 88.4 Å². The number of rotatable bonds is 5. The molecular weight excluding hydrogens is 554 g/mol. The van der Waals surface area contributed by atoms with Crippen LogP contribution in [0.4, 0.5) is 32.2 Å². The van der Waals surface area contributed by atoms with Crippen molar-refractivity contribution in [2.75, 3.05) is 38.3 Å². The number of aromatic nitrogens is 2. The number of benzene rings is 1. The molecule has 16 heteroatoms. The third kappa shape index (κ3) is 11.7. The molecule has 0 saturated carbocycles. The average molecular weight is 582 g/mol. The highest BCUT2D eigenvalue weighted by molar-refractivity contribution is 5.73. The maximum absolute atomic E-state index is 10.6. The summed E-state index contributed by atoms with van der Waals surface area (Å²) in [7, 11) is 0. The van der Waals surface area contributed by atoms with Crippen molar-refractivity contribution in [1.29, 1.82) is 0 Å². The van der Waals surface area contributed by atoms with E-state index in [1.807, 2.05) is 12.3 Å². The summed E-state index contributed by atoms with van der Waals surface area (Å²) in [6.07, 6.45) is -6.28. The molecular formula is C24H28F6N4O6. The number of ether oxygens (including phenoxy) is 2. The van der Waals surface area contributed by atoms with E-state index in [1.54, 1.807) is 0 Å². The summed E-state index contributed by atoms with van der Waals surface area (Å²) in [5.74, 6) is -3.79. The highest BCUT2D eigenvalue weighted by Gasteiger charge is 2.39. The molecule has 0 bridgehead atoms. The van der Waals surface area contributed by atoms with Crippen LogP contribution in [0.15, 0.2) is 42.6 Å². The third-order valence-corrected chi connectivity index (χ3v) is 5.50. The number of aliphatic carboxylic acids is 2. The van der Waals surface area contributed by atoms with Crippen LogP contribution < -0.4 is 5.32 Å². The first-order valence-electron chi connectivity index (χ1n) is 11.9. The number of carboxylic acids is 2. The van der Waals surface area contributed by atoms with Gasteiger partial charge in [-0.15, -0.1) is 0 Å². The van der Waals surface area contributed by atoms with E-state index in [0.717, 1.165) is 57.4 Å². The molecule has 1 unspecified atom stereocenters. The van der Waals surface area contributed by atoms with Gasteiger partial charge in [0.1, 0.15) is 11.6 Å². The van der Waals surface area contributed by atoms with Gasteiger partial charge in [-0.3, -0.25) is 4.90 Å². The van der Waals surface area contributed by atoms with E-state index in [4.69, 9.17) is 34.3 Å². The van der Waals surface area contributed by atoms with Gasteiger partial charge in [-0.25, -0.2) is 19.6 Å². The normalized spacial score (nSPS) is 18.4. The molecule has 0 spiro atoms. The predicted octanol–water partition coefficient (Wildman–Crippen LogP) is 3.91. The molecule has 2 aromatic rings. The number of halogens is 6. The van der Waals surface area contributed by atoms with Crippen LogP contribution in [0.2, 0.25) is 0 Å². The van der Waals surface area contributed by atoms with Crippen molar-refractivity contribution in [3.63, 3.8) is 0 Å². The SMILES string of the molecule is O=C(O)C(F)(F)F.O=C(O)C(F)(F)F.c1ccc(CN2CCOCC2c2nccc(NC3CCOCC3)n2)cc1. The molecule has 1 atom stereocenters. The Kier molecular flexibility index (Phi) is 12.5. The van der Waals surface area contributed by atoms with Crippen molar-refractivity contribution in [2.24, 2.45) is 0 Å². The lowest BCUT2D eigenvalue weighted by atomic mass is 10.1. The van der Waals surface area contributed by atoms with Crippen molar-refractivity contribution in [1.82, 2.24) is 14.9 Å². The number of carbonyl (C=O) groups is 2. The zero-order chi connectivity index (χ0) is 29.8. The van der Waals surface area contributed by atoms with Crippen LogP contribution in [0.5, 0.6) is 0 Å². The second kappa shape index (κ2) is 15.3. The number of nitrogens with zero attached hydrogens (tertiary/aromatic N) is 3. The van der Waals surface area contributed by atoms with Gasteiger partial charge in [0.25, 0.3) is 0 Å². The van der Waals surface area contributed by atoms with Gasteiger partial charge >= 0.3 is 24.3 Å². The zero-order valence-electron chi connectivity index (χ0n) is 21.0. The lowest BCUT2D eigenvalue weighted by Crippen LogP contribution is -2.40. The number of hydrogen-bond acceptors (Lipinski definition) is 8. The minimum atomic E-state index is -5.08. The summed E-state index contributed by atoms with van der Waals surface area (Å²) in [6.45, 7) is 4.79. The quantitative estimate of drug-likeness (QED) is 0.446. The van der Waals surface area contributed by atoms with Crippen molar-refractivity contribution in [3.05, 3.63) is 54.0 Å². The number of hydrogen-bond donors (Lipinski definition) is 3. The lowest BCUT2D eigenvalue weighted by Gasteiger charge is -2.34. The summed E-state index contributed by atoms with van der Waals surface area (Å²) in [4.78, 5) is 29.5. The van der Waals surface area contributed by atoms with Crippen molar-refractivity contribution in [2.45, 2.75) is 43.8 Å². The van der Waals surface area contributed by atoms with E-state index in [0.29, 0.717) is 12.6 Å². The molecule has 10 nitrogen and oxygen atoms in total. The molecule has 2 aliphatic rings. The third-order valence-electron chi connectivity index (χ3n) is 5.50. The first-order valence-corrected chi connectivity index (χ1v) is 11.9. The Morgan fingerprint density at radius 3 is 2.05 bits per heavy atom. The second-order valence-electron chi connectivity index (χ2n) is 8.48. The average Bonchev–Trinajstić information content (AvgIpc) is 2.90. The topological polar surface area (TPSA) is 134 Å². The fourth-order valence-corrected chi connectivity index (χ4v) is 3.55. The van der Waals surface area contributed by atoms with E-state index >= 15 is 0 Å². The maximum Gasteiger partial charge on any atom is 0.490 e. The number of nitrogens with one attached hydrogen (secondary N) is 1. The predicted molar refractivity (Wildman–Crippen MR) is 127 cm³/mol. The molecule has 0 radical (unpaired) electrons. The molecule has 3 N–H and O–H groups in total. The van der Waals surface area contributed by atoms with Gasteiger partial charge in [-0.05, 0) is 24.5 Å². The lowest BCUT2D eigenvalue weighted by molar-refractivity contribution is -0.193. The van der Waals surface area contributed by atoms with Crippen molar-refractivity contribution < 1.29 is 55.6 Å². The molecule has 0 amide bonds. The van der Waals surface area contributed by atoms with E-state index in [2.05, 4.69) is 45.5 Å². The van der Waals surface area contributed by atoms with Crippen molar-refractivity contribution >= 4 is 17.8 Å². The van der Waals surface area contributed by atoms with Crippen LogP contribution in [0.25, 0.3) is 0 Å². The van der Waals surface area contributed by atoms with Gasteiger partial charge in [-0.2, -0.15) is 26.3 Å². The Morgan fingerprint density at radius 2 is 1.50 bits per heavy atom. The Hall–Kier alpha value is -3.50. The van der Waals surface area contributed by atoms with Crippen molar-refractivity contribution in [3.8, 4) is 0 Å². The van der Waals surface area contributed by atoms with Gasteiger partial charge in [0.05, 0.1) is 19.3 Å². The van der Waals surface area contributed by atoms with E-state index in [9.17, 15) is 26.3 Å². The maximum atomic E-state index is 10.6. The fourth-order valence-electron chi connectivity index (χ4n) is 3.55. The Labute approximate surface area is 224 Å². The highest BCUT2D eigenvalue weighted by Crippen LogP contribution is 2.25. The molecule has 222 valence electrons.